The standard InChI is InChI=1S/C15H25BN2O3/c1-17-9-3-4-14(12-17)18(2)10-11-21-15-7-5-13(6-8-15)16(19)20/h5-8,14,19-20H,3-4,9-12H2,1-2H3. The Morgan fingerprint density at radius 3 is 2.67 bits per heavy atom. The van der Waals surface area contributed by atoms with Crippen LogP contribution in [0.4, 0.5) is 0 Å². The minimum atomic E-state index is -1.42. The summed E-state index contributed by atoms with van der Waals surface area (Å²) in [6.07, 6.45) is 2.52. The molecule has 0 amide bonds. The molecule has 1 atom stereocenters. The third-order valence-electron chi connectivity index (χ3n) is 4.11. The SMILES string of the molecule is CN1CCCC(N(C)CCOc2ccc(B(O)O)cc2)C1. The van der Waals surface area contributed by atoms with Gasteiger partial charge in [-0.05, 0) is 51.1 Å². The van der Waals surface area contributed by atoms with Crippen LogP contribution in [-0.2, 0) is 0 Å². The van der Waals surface area contributed by atoms with Gasteiger partial charge in [0.15, 0.2) is 0 Å². The van der Waals surface area contributed by atoms with Gasteiger partial charge in [0.2, 0.25) is 0 Å². The average molecular weight is 292 g/mol. The van der Waals surface area contributed by atoms with E-state index < -0.39 is 7.12 Å². The van der Waals surface area contributed by atoms with Gasteiger partial charge in [-0.2, -0.15) is 0 Å². The molecule has 0 aliphatic carbocycles. The van der Waals surface area contributed by atoms with E-state index in [1.165, 1.54) is 19.4 Å². The lowest BCUT2D eigenvalue weighted by Gasteiger charge is -2.35. The quantitative estimate of drug-likeness (QED) is 0.710. The van der Waals surface area contributed by atoms with Gasteiger partial charge in [0.25, 0.3) is 0 Å². The Labute approximate surface area is 127 Å². The number of rotatable bonds is 6. The Hall–Kier alpha value is -1.08. The van der Waals surface area contributed by atoms with Crippen molar-refractivity contribution in [2.24, 2.45) is 0 Å². The smallest absolute Gasteiger partial charge is 0.488 e. The predicted molar refractivity (Wildman–Crippen MR) is 84.9 cm³/mol. The van der Waals surface area contributed by atoms with Crippen LogP contribution in [0.15, 0.2) is 24.3 Å². The summed E-state index contributed by atoms with van der Waals surface area (Å²) in [5, 5.41) is 18.1. The molecule has 116 valence electrons. The van der Waals surface area contributed by atoms with Crippen molar-refractivity contribution in [2.75, 3.05) is 40.3 Å². The molecule has 5 nitrogen and oxygen atoms in total. The van der Waals surface area contributed by atoms with Crippen molar-refractivity contribution < 1.29 is 14.8 Å². The lowest BCUT2D eigenvalue weighted by Crippen LogP contribution is -2.46. The van der Waals surface area contributed by atoms with E-state index in [1.807, 2.05) is 0 Å². The summed E-state index contributed by atoms with van der Waals surface area (Å²) in [7, 11) is 2.90. The molecule has 0 radical (unpaired) electrons. The van der Waals surface area contributed by atoms with Crippen molar-refractivity contribution in [3.05, 3.63) is 24.3 Å². The van der Waals surface area contributed by atoms with E-state index >= 15 is 0 Å². The van der Waals surface area contributed by atoms with Gasteiger partial charge in [-0.15, -0.1) is 0 Å². The van der Waals surface area contributed by atoms with Crippen molar-refractivity contribution >= 4 is 12.6 Å². The van der Waals surface area contributed by atoms with Crippen LogP contribution in [0.2, 0.25) is 0 Å². The second-order valence-electron chi connectivity index (χ2n) is 5.83. The molecule has 21 heavy (non-hydrogen) atoms. The molecule has 6 heteroatoms. The molecule has 2 N–H and O–H groups in total. The summed E-state index contributed by atoms with van der Waals surface area (Å²) in [6.45, 7) is 3.85. The van der Waals surface area contributed by atoms with Crippen molar-refractivity contribution in [2.45, 2.75) is 18.9 Å². The van der Waals surface area contributed by atoms with E-state index in [0.29, 0.717) is 18.1 Å². The lowest BCUT2D eigenvalue weighted by molar-refractivity contribution is 0.119. The summed E-state index contributed by atoms with van der Waals surface area (Å²) in [4.78, 5) is 4.74. The Morgan fingerprint density at radius 2 is 2.05 bits per heavy atom. The molecule has 0 spiro atoms. The van der Waals surface area contributed by atoms with E-state index in [1.54, 1.807) is 24.3 Å². The second-order valence-corrected chi connectivity index (χ2v) is 5.83. The molecular formula is C15H25BN2O3. The summed E-state index contributed by atoms with van der Waals surface area (Å²) in [6, 6.07) is 7.48. The topological polar surface area (TPSA) is 56.2 Å². The zero-order chi connectivity index (χ0) is 15.2. The maximum Gasteiger partial charge on any atom is 0.488 e. The molecule has 0 aromatic heterocycles. The number of ether oxygens (including phenoxy) is 1. The summed E-state index contributed by atoms with van der Waals surface area (Å²) >= 11 is 0. The highest BCUT2D eigenvalue weighted by Crippen LogP contribution is 2.13. The molecule has 1 aliphatic rings. The molecule has 1 heterocycles. The van der Waals surface area contributed by atoms with Gasteiger partial charge in [0.05, 0.1) is 0 Å². The fourth-order valence-electron chi connectivity index (χ4n) is 2.73. The van der Waals surface area contributed by atoms with E-state index in [-0.39, 0.29) is 0 Å². The van der Waals surface area contributed by atoms with Crippen LogP contribution in [0.1, 0.15) is 12.8 Å². The van der Waals surface area contributed by atoms with E-state index in [4.69, 9.17) is 14.8 Å². The third-order valence-corrected chi connectivity index (χ3v) is 4.11. The van der Waals surface area contributed by atoms with Gasteiger partial charge in [-0.3, -0.25) is 4.90 Å². The molecule has 1 unspecified atom stereocenters. The van der Waals surface area contributed by atoms with Gasteiger partial charge in [0.1, 0.15) is 12.4 Å². The first-order valence-electron chi connectivity index (χ1n) is 7.54. The van der Waals surface area contributed by atoms with Crippen LogP contribution in [0.25, 0.3) is 0 Å². The van der Waals surface area contributed by atoms with Crippen LogP contribution >= 0.6 is 0 Å². The molecule has 1 fully saturated rings. The Balaban J connectivity index is 1.73. The van der Waals surface area contributed by atoms with Gasteiger partial charge in [0, 0.05) is 19.1 Å². The maximum absolute atomic E-state index is 9.03. The monoisotopic (exact) mass is 292 g/mol. The van der Waals surface area contributed by atoms with E-state index in [2.05, 4.69) is 23.9 Å². The molecule has 0 saturated carbocycles. The first-order chi connectivity index (χ1) is 10.1. The van der Waals surface area contributed by atoms with Crippen LogP contribution in [0, 0.1) is 0 Å². The van der Waals surface area contributed by atoms with Gasteiger partial charge in [-0.1, -0.05) is 12.1 Å². The first kappa shape index (κ1) is 16.3. The molecular weight excluding hydrogens is 267 g/mol. The third kappa shape index (κ3) is 5.00. The van der Waals surface area contributed by atoms with Gasteiger partial charge >= 0.3 is 7.12 Å². The number of likely N-dealkylation sites (N-methyl/N-ethyl adjacent to an activating group) is 2. The van der Waals surface area contributed by atoms with Gasteiger partial charge < -0.3 is 19.7 Å². The summed E-state index contributed by atoms with van der Waals surface area (Å²) in [5.74, 6) is 0.758. The summed E-state index contributed by atoms with van der Waals surface area (Å²) < 4.78 is 5.71. The van der Waals surface area contributed by atoms with Gasteiger partial charge in [-0.25, -0.2) is 0 Å². The lowest BCUT2D eigenvalue weighted by atomic mass is 9.80. The molecule has 1 aromatic carbocycles. The minimum absolute atomic E-state index is 0.477. The number of likely N-dealkylation sites (tertiary alicyclic amines) is 1. The van der Waals surface area contributed by atoms with Crippen molar-refractivity contribution in [1.29, 1.82) is 0 Å². The molecule has 0 bridgehead atoms. The average Bonchev–Trinajstić information content (AvgIpc) is 2.47. The fourth-order valence-corrected chi connectivity index (χ4v) is 2.73. The minimum Gasteiger partial charge on any atom is -0.492 e. The Morgan fingerprint density at radius 1 is 1.33 bits per heavy atom. The number of hydrogen-bond acceptors (Lipinski definition) is 5. The largest absolute Gasteiger partial charge is 0.492 e. The Kier molecular flexibility index (Phi) is 6.05. The maximum atomic E-state index is 9.03. The second kappa shape index (κ2) is 7.80. The Bertz CT molecular complexity index is 427. The zero-order valence-electron chi connectivity index (χ0n) is 12.9. The highest BCUT2D eigenvalue weighted by Gasteiger charge is 2.20. The molecule has 1 aromatic rings. The number of benzene rings is 1. The van der Waals surface area contributed by atoms with Crippen molar-refractivity contribution in [1.82, 2.24) is 9.80 Å². The first-order valence-corrected chi connectivity index (χ1v) is 7.54. The number of hydrogen-bond donors (Lipinski definition) is 2. The van der Waals surface area contributed by atoms with E-state index in [0.717, 1.165) is 18.8 Å². The number of piperidine rings is 1. The molecule has 2 rings (SSSR count). The molecule has 1 saturated heterocycles. The predicted octanol–water partition coefficient (Wildman–Crippen LogP) is -0.229. The normalized spacial score (nSPS) is 19.8. The highest BCUT2D eigenvalue weighted by atomic mass is 16.5. The van der Waals surface area contributed by atoms with Crippen LogP contribution in [0.3, 0.4) is 0 Å². The van der Waals surface area contributed by atoms with Crippen LogP contribution in [-0.4, -0.2) is 73.3 Å². The van der Waals surface area contributed by atoms with Crippen LogP contribution < -0.4 is 10.2 Å². The van der Waals surface area contributed by atoms with Crippen molar-refractivity contribution in [3.63, 3.8) is 0 Å². The highest BCUT2D eigenvalue weighted by molar-refractivity contribution is 6.58. The van der Waals surface area contributed by atoms with Crippen molar-refractivity contribution in [3.8, 4) is 5.75 Å². The number of nitrogens with zero attached hydrogens (tertiary/aromatic N) is 2. The van der Waals surface area contributed by atoms with Crippen LogP contribution in [0.5, 0.6) is 5.75 Å². The molecule has 1 aliphatic heterocycles. The summed E-state index contributed by atoms with van der Waals surface area (Å²) in [5.41, 5.74) is 0.477. The zero-order valence-corrected chi connectivity index (χ0v) is 12.9. The fraction of sp³-hybridized carbons (Fsp3) is 0.600. The van der Waals surface area contributed by atoms with E-state index in [9.17, 15) is 0 Å².